The van der Waals surface area contributed by atoms with Gasteiger partial charge in [-0.15, -0.1) is 0 Å². The average molecular weight is 246 g/mol. The third-order valence-electron chi connectivity index (χ3n) is 3.06. The molecule has 4 nitrogen and oxygen atoms in total. The van der Waals surface area contributed by atoms with E-state index in [1.807, 2.05) is 18.2 Å². The molecule has 4 heteroatoms. The average Bonchev–Trinajstić information content (AvgIpc) is 3.13. The summed E-state index contributed by atoms with van der Waals surface area (Å²) in [5.74, 6) is -2.45. The third kappa shape index (κ3) is 2.59. The van der Waals surface area contributed by atoms with E-state index in [-0.39, 0.29) is 5.76 Å². The standard InChI is InChI=1S/C14H14O4/c1-8-2-3-10(9-4-5-9)6-11(8)12(15)7-13(16)14(17)18/h2-3,6-7,9,15H,4-5H2,1H3,(H,17,18)/b12-7-. The van der Waals surface area contributed by atoms with Crippen LogP contribution in [0.4, 0.5) is 0 Å². The molecule has 0 aromatic heterocycles. The van der Waals surface area contributed by atoms with Gasteiger partial charge < -0.3 is 10.2 Å². The first-order valence-corrected chi connectivity index (χ1v) is 5.78. The summed E-state index contributed by atoms with van der Waals surface area (Å²) in [6.07, 6.45) is 3.03. The van der Waals surface area contributed by atoms with Crippen LogP contribution in [0.15, 0.2) is 24.3 Å². The van der Waals surface area contributed by atoms with Gasteiger partial charge >= 0.3 is 5.97 Å². The van der Waals surface area contributed by atoms with Crippen molar-refractivity contribution in [2.24, 2.45) is 0 Å². The van der Waals surface area contributed by atoms with Crippen molar-refractivity contribution >= 4 is 17.5 Å². The number of hydrogen-bond acceptors (Lipinski definition) is 3. The van der Waals surface area contributed by atoms with Gasteiger partial charge in [0.05, 0.1) is 0 Å². The van der Waals surface area contributed by atoms with E-state index in [0.717, 1.165) is 30.0 Å². The maximum atomic E-state index is 11.0. The number of carboxylic acid groups (broad SMARTS) is 1. The number of aliphatic carboxylic acids is 1. The zero-order valence-electron chi connectivity index (χ0n) is 10.0. The molecule has 1 aromatic carbocycles. The summed E-state index contributed by atoms with van der Waals surface area (Å²) < 4.78 is 0. The van der Waals surface area contributed by atoms with Gasteiger partial charge in [0.1, 0.15) is 5.76 Å². The van der Waals surface area contributed by atoms with E-state index in [1.165, 1.54) is 0 Å². The molecular formula is C14H14O4. The zero-order valence-corrected chi connectivity index (χ0v) is 10.0. The molecule has 0 saturated heterocycles. The number of carbonyl (C=O) groups is 2. The number of rotatable bonds is 4. The van der Waals surface area contributed by atoms with E-state index >= 15 is 0 Å². The van der Waals surface area contributed by atoms with E-state index < -0.39 is 11.8 Å². The van der Waals surface area contributed by atoms with Gasteiger partial charge in [-0.05, 0) is 42.9 Å². The molecule has 1 aromatic rings. The van der Waals surface area contributed by atoms with Crippen LogP contribution >= 0.6 is 0 Å². The van der Waals surface area contributed by atoms with Crippen molar-refractivity contribution in [2.45, 2.75) is 25.7 Å². The smallest absolute Gasteiger partial charge is 0.376 e. The Kier molecular flexibility index (Phi) is 3.19. The monoisotopic (exact) mass is 246 g/mol. The number of aliphatic hydroxyl groups excluding tert-OH is 1. The number of aliphatic hydroxyl groups is 1. The lowest BCUT2D eigenvalue weighted by atomic mass is 10.0. The predicted molar refractivity (Wildman–Crippen MR) is 66.4 cm³/mol. The number of benzene rings is 1. The van der Waals surface area contributed by atoms with Gasteiger partial charge in [0.15, 0.2) is 0 Å². The SMILES string of the molecule is Cc1ccc(C2CC2)cc1/C(O)=C/C(=O)C(=O)O. The molecule has 2 rings (SSSR count). The molecule has 94 valence electrons. The van der Waals surface area contributed by atoms with Gasteiger partial charge in [0.25, 0.3) is 5.78 Å². The predicted octanol–water partition coefficient (Wildman–Crippen LogP) is 2.43. The molecule has 0 bridgehead atoms. The van der Waals surface area contributed by atoms with Crippen molar-refractivity contribution in [3.63, 3.8) is 0 Å². The Labute approximate surface area is 105 Å². The quantitative estimate of drug-likeness (QED) is 0.486. The second-order valence-electron chi connectivity index (χ2n) is 4.55. The Morgan fingerprint density at radius 2 is 1.94 bits per heavy atom. The maximum Gasteiger partial charge on any atom is 0.376 e. The van der Waals surface area contributed by atoms with Gasteiger partial charge in [0, 0.05) is 11.6 Å². The highest BCUT2D eigenvalue weighted by atomic mass is 16.4. The molecule has 0 aliphatic heterocycles. The van der Waals surface area contributed by atoms with Crippen LogP contribution in [-0.2, 0) is 9.59 Å². The van der Waals surface area contributed by atoms with E-state index in [2.05, 4.69) is 0 Å². The summed E-state index contributed by atoms with van der Waals surface area (Å²) in [4.78, 5) is 21.5. The van der Waals surface area contributed by atoms with Crippen molar-refractivity contribution < 1.29 is 19.8 Å². The van der Waals surface area contributed by atoms with Crippen LogP contribution in [-0.4, -0.2) is 22.0 Å². The summed E-state index contributed by atoms with van der Waals surface area (Å²) in [6, 6.07) is 5.70. The lowest BCUT2D eigenvalue weighted by molar-refractivity contribution is -0.146. The fourth-order valence-corrected chi connectivity index (χ4v) is 1.85. The summed E-state index contributed by atoms with van der Waals surface area (Å²) in [7, 11) is 0. The third-order valence-corrected chi connectivity index (χ3v) is 3.06. The van der Waals surface area contributed by atoms with Gasteiger partial charge in [-0.1, -0.05) is 12.1 Å². The molecule has 2 N–H and O–H groups in total. The second kappa shape index (κ2) is 4.64. The Morgan fingerprint density at radius 1 is 1.28 bits per heavy atom. The number of carboxylic acids is 1. The first-order valence-electron chi connectivity index (χ1n) is 5.78. The number of hydrogen-bond donors (Lipinski definition) is 2. The van der Waals surface area contributed by atoms with Crippen molar-refractivity contribution in [1.29, 1.82) is 0 Å². The van der Waals surface area contributed by atoms with Crippen molar-refractivity contribution in [3.8, 4) is 0 Å². The molecule has 0 spiro atoms. The summed E-state index contributed by atoms with van der Waals surface area (Å²) >= 11 is 0. The number of ketones is 1. The lowest BCUT2D eigenvalue weighted by Crippen LogP contribution is -2.09. The normalized spacial score (nSPS) is 15.5. The topological polar surface area (TPSA) is 74.6 Å². The highest BCUT2D eigenvalue weighted by molar-refractivity contribution is 6.38. The van der Waals surface area contributed by atoms with E-state index in [9.17, 15) is 14.7 Å². The lowest BCUT2D eigenvalue weighted by Gasteiger charge is -2.07. The van der Waals surface area contributed by atoms with Gasteiger partial charge in [-0.25, -0.2) is 4.79 Å². The van der Waals surface area contributed by atoms with E-state index in [1.54, 1.807) is 6.92 Å². The first kappa shape index (κ1) is 12.4. The van der Waals surface area contributed by atoms with Crippen LogP contribution in [0, 0.1) is 6.92 Å². The molecular weight excluding hydrogens is 232 g/mol. The van der Waals surface area contributed by atoms with Crippen LogP contribution in [0.2, 0.25) is 0 Å². The minimum atomic E-state index is -1.57. The van der Waals surface area contributed by atoms with Gasteiger partial charge in [-0.3, -0.25) is 4.79 Å². The van der Waals surface area contributed by atoms with Crippen molar-refractivity contribution in [1.82, 2.24) is 0 Å². The van der Waals surface area contributed by atoms with Crippen molar-refractivity contribution in [2.75, 3.05) is 0 Å². The maximum absolute atomic E-state index is 11.0. The molecule has 1 aliphatic carbocycles. The Bertz CT molecular complexity index is 539. The summed E-state index contributed by atoms with van der Waals surface area (Å²) in [6.45, 7) is 1.81. The molecule has 0 heterocycles. The second-order valence-corrected chi connectivity index (χ2v) is 4.55. The fourth-order valence-electron chi connectivity index (χ4n) is 1.85. The van der Waals surface area contributed by atoms with Crippen LogP contribution in [0.25, 0.3) is 5.76 Å². The molecule has 1 saturated carbocycles. The minimum Gasteiger partial charge on any atom is -0.507 e. The first-order chi connectivity index (χ1) is 8.49. The summed E-state index contributed by atoms with van der Waals surface area (Å²) in [5, 5.41) is 18.3. The van der Waals surface area contributed by atoms with Crippen molar-refractivity contribution in [3.05, 3.63) is 41.0 Å². The van der Waals surface area contributed by atoms with Gasteiger partial charge in [0.2, 0.25) is 0 Å². The largest absolute Gasteiger partial charge is 0.507 e. The Balaban J connectivity index is 2.34. The molecule has 1 fully saturated rings. The number of aryl methyl sites for hydroxylation is 1. The zero-order chi connectivity index (χ0) is 13.3. The van der Waals surface area contributed by atoms with Crippen LogP contribution in [0.3, 0.4) is 0 Å². The molecule has 1 aliphatic rings. The molecule has 0 atom stereocenters. The molecule has 0 amide bonds. The molecule has 0 unspecified atom stereocenters. The Morgan fingerprint density at radius 3 is 2.50 bits per heavy atom. The van der Waals surface area contributed by atoms with Crippen LogP contribution < -0.4 is 0 Å². The van der Waals surface area contributed by atoms with Gasteiger partial charge in [-0.2, -0.15) is 0 Å². The fraction of sp³-hybridized carbons (Fsp3) is 0.286. The molecule has 0 radical (unpaired) electrons. The van der Waals surface area contributed by atoms with Crippen LogP contribution in [0.1, 0.15) is 35.4 Å². The van der Waals surface area contributed by atoms with E-state index in [4.69, 9.17) is 5.11 Å². The number of carbonyl (C=O) groups excluding carboxylic acids is 1. The highest BCUT2D eigenvalue weighted by Crippen LogP contribution is 2.41. The summed E-state index contributed by atoms with van der Waals surface area (Å²) in [5.41, 5.74) is 2.46. The van der Waals surface area contributed by atoms with Crippen LogP contribution in [0.5, 0.6) is 0 Å². The minimum absolute atomic E-state index is 0.289. The highest BCUT2D eigenvalue weighted by Gasteiger charge is 2.24. The Hall–Kier alpha value is -2.10. The molecule has 18 heavy (non-hydrogen) atoms. The van der Waals surface area contributed by atoms with E-state index in [0.29, 0.717) is 11.5 Å².